The average Bonchev–Trinajstić information content (AvgIpc) is 2.44. The minimum atomic E-state index is -0.0595. The van der Waals surface area contributed by atoms with Crippen LogP contribution in [-0.4, -0.2) is 32.3 Å². The van der Waals surface area contributed by atoms with Crippen LogP contribution in [0.4, 0.5) is 0 Å². The molecule has 0 aliphatic carbocycles. The topological polar surface area (TPSA) is 54.9 Å². The van der Waals surface area contributed by atoms with Crippen molar-refractivity contribution in [3.63, 3.8) is 0 Å². The average molecular weight is 328 g/mol. The second-order valence-electron chi connectivity index (χ2n) is 5.84. The summed E-state index contributed by atoms with van der Waals surface area (Å²) in [4.78, 5) is 4.21. The molecular formula is C16H26ClN3O2. The summed E-state index contributed by atoms with van der Waals surface area (Å²) < 4.78 is 10.9. The zero-order valence-electron chi connectivity index (χ0n) is 14.2. The van der Waals surface area contributed by atoms with Crippen molar-refractivity contribution in [3.05, 3.63) is 22.7 Å². The fraction of sp³-hybridized carbons (Fsp3) is 0.562. The molecule has 1 rings (SSSR count). The monoisotopic (exact) mass is 327 g/mol. The number of hydrogen-bond acceptors (Lipinski definition) is 3. The number of benzene rings is 1. The van der Waals surface area contributed by atoms with Crippen molar-refractivity contribution in [3.8, 4) is 11.5 Å². The van der Waals surface area contributed by atoms with Crippen LogP contribution in [0.25, 0.3) is 0 Å². The van der Waals surface area contributed by atoms with Gasteiger partial charge in [0.2, 0.25) is 0 Å². The van der Waals surface area contributed by atoms with E-state index in [9.17, 15) is 0 Å². The van der Waals surface area contributed by atoms with Gasteiger partial charge in [-0.1, -0.05) is 11.6 Å². The molecular weight excluding hydrogens is 302 g/mol. The second kappa shape index (κ2) is 8.13. The molecule has 0 atom stereocenters. The van der Waals surface area contributed by atoms with E-state index in [4.69, 9.17) is 21.1 Å². The van der Waals surface area contributed by atoms with E-state index in [0.29, 0.717) is 29.7 Å². The van der Waals surface area contributed by atoms with Gasteiger partial charge in [0, 0.05) is 19.1 Å². The van der Waals surface area contributed by atoms with Gasteiger partial charge in [-0.05, 0) is 45.4 Å². The molecule has 1 aromatic carbocycles. The summed E-state index contributed by atoms with van der Waals surface area (Å²) in [5, 5.41) is 7.10. The third kappa shape index (κ3) is 5.64. The molecule has 0 saturated carbocycles. The van der Waals surface area contributed by atoms with Gasteiger partial charge in [0.15, 0.2) is 17.5 Å². The van der Waals surface area contributed by atoms with Crippen molar-refractivity contribution in [2.45, 2.75) is 39.8 Å². The van der Waals surface area contributed by atoms with Crippen molar-refractivity contribution in [2.24, 2.45) is 4.99 Å². The van der Waals surface area contributed by atoms with Crippen molar-refractivity contribution in [2.75, 3.05) is 20.8 Å². The molecule has 6 heteroatoms. The maximum absolute atomic E-state index is 6.27. The van der Waals surface area contributed by atoms with Crippen LogP contribution in [-0.2, 0) is 6.54 Å². The van der Waals surface area contributed by atoms with E-state index in [1.165, 1.54) is 0 Å². The Morgan fingerprint density at radius 2 is 2.00 bits per heavy atom. The van der Waals surface area contributed by atoms with Crippen LogP contribution in [0.3, 0.4) is 0 Å². The van der Waals surface area contributed by atoms with Gasteiger partial charge in [-0.2, -0.15) is 0 Å². The summed E-state index contributed by atoms with van der Waals surface area (Å²) in [7, 11) is 3.35. The molecule has 0 saturated heterocycles. The predicted octanol–water partition coefficient (Wildman–Crippen LogP) is 3.21. The third-order valence-corrected chi connectivity index (χ3v) is 3.04. The predicted molar refractivity (Wildman–Crippen MR) is 92.3 cm³/mol. The van der Waals surface area contributed by atoms with Gasteiger partial charge in [-0.15, -0.1) is 0 Å². The van der Waals surface area contributed by atoms with Gasteiger partial charge in [0.05, 0.1) is 18.7 Å². The van der Waals surface area contributed by atoms with Gasteiger partial charge in [-0.3, -0.25) is 4.99 Å². The molecule has 124 valence electrons. The first-order valence-corrected chi connectivity index (χ1v) is 7.66. The maximum Gasteiger partial charge on any atom is 0.191 e. The van der Waals surface area contributed by atoms with Crippen LogP contribution >= 0.6 is 11.6 Å². The second-order valence-corrected chi connectivity index (χ2v) is 6.25. The molecule has 22 heavy (non-hydrogen) atoms. The lowest BCUT2D eigenvalue weighted by Gasteiger charge is -2.24. The van der Waals surface area contributed by atoms with Gasteiger partial charge in [0.25, 0.3) is 0 Å². The summed E-state index contributed by atoms with van der Waals surface area (Å²) in [5.74, 6) is 1.94. The van der Waals surface area contributed by atoms with Crippen LogP contribution in [0.1, 0.15) is 33.3 Å². The summed E-state index contributed by atoms with van der Waals surface area (Å²) in [5.41, 5.74) is 0.929. The Labute approximate surface area is 138 Å². The Morgan fingerprint density at radius 1 is 1.32 bits per heavy atom. The van der Waals surface area contributed by atoms with Gasteiger partial charge in [0.1, 0.15) is 0 Å². The normalized spacial score (nSPS) is 12.0. The molecule has 0 spiro atoms. The van der Waals surface area contributed by atoms with Crippen LogP contribution < -0.4 is 20.1 Å². The maximum atomic E-state index is 6.27. The molecule has 0 radical (unpaired) electrons. The van der Waals surface area contributed by atoms with Crippen LogP contribution in [0.5, 0.6) is 11.5 Å². The number of rotatable bonds is 5. The summed E-state index contributed by atoms with van der Waals surface area (Å²) >= 11 is 6.27. The Balaban J connectivity index is 2.84. The summed E-state index contributed by atoms with van der Waals surface area (Å²) in [6, 6.07) is 3.78. The van der Waals surface area contributed by atoms with Gasteiger partial charge in [-0.25, -0.2) is 0 Å². The van der Waals surface area contributed by atoms with E-state index in [1.807, 2.05) is 19.1 Å². The Morgan fingerprint density at radius 3 is 2.50 bits per heavy atom. The number of halogens is 1. The molecule has 0 heterocycles. The van der Waals surface area contributed by atoms with E-state index in [1.54, 1.807) is 14.2 Å². The first kappa shape index (κ1) is 18.4. The number of aliphatic imine (C=N–C) groups is 1. The zero-order valence-corrected chi connectivity index (χ0v) is 15.0. The smallest absolute Gasteiger partial charge is 0.191 e. The van der Waals surface area contributed by atoms with Crippen LogP contribution in [0, 0.1) is 0 Å². The highest BCUT2D eigenvalue weighted by atomic mass is 35.5. The molecule has 5 nitrogen and oxygen atoms in total. The van der Waals surface area contributed by atoms with Gasteiger partial charge >= 0.3 is 0 Å². The van der Waals surface area contributed by atoms with Crippen molar-refractivity contribution < 1.29 is 9.47 Å². The van der Waals surface area contributed by atoms with Crippen LogP contribution in [0.2, 0.25) is 5.02 Å². The largest absolute Gasteiger partial charge is 0.493 e. The molecule has 1 aromatic rings. The van der Waals surface area contributed by atoms with E-state index in [2.05, 4.69) is 36.4 Å². The quantitative estimate of drug-likeness (QED) is 0.644. The molecule has 0 aliphatic rings. The molecule has 0 amide bonds. The lowest BCUT2D eigenvalue weighted by molar-refractivity contribution is 0.311. The SMILES string of the molecule is CCOc1c(Cl)cc(CNC(=NC)NC(C)(C)C)cc1OC. The number of guanidine groups is 1. The van der Waals surface area contributed by atoms with Crippen molar-refractivity contribution in [1.82, 2.24) is 10.6 Å². The highest BCUT2D eigenvalue weighted by molar-refractivity contribution is 6.32. The number of nitrogens with one attached hydrogen (secondary N) is 2. The Bertz CT molecular complexity index is 525. The van der Waals surface area contributed by atoms with E-state index >= 15 is 0 Å². The summed E-state index contributed by atoms with van der Waals surface area (Å²) in [6.45, 7) is 9.27. The number of nitrogens with zero attached hydrogens (tertiary/aromatic N) is 1. The highest BCUT2D eigenvalue weighted by Gasteiger charge is 2.14. The molecule has 0 bridgehead atoms. The van der Waals surface area contributed by atoms with Crippen LogP contribution in [0.15, 0.2) is 17.1 Å². The number of ether oxygens (including phenoxy) is 2. The molecule has 2 N–H and O–H groups in total. The third-order valence-electron chi connectivity index (χ3n) is 2.75. The Hall–Kier alpha value is -1.62. The fourth-order valence-electron chi connectivity index (χ4n) is 1.88. The minimum Gasteiger partial charge on any atom is -0.493 e. The molecule has 0 aromatic heterocycles. The van der Waals surface area contributed by atoms with E-state index in [-0.39, 0.29) is 5.54 Å². The van der Waals surface area contributed by atoms with Crippen molar-refractivity contribution in [1.29, 1.82) is 0 Å². The lowest BCUT2D eigenvalue weighted by atomic mass is 10.1. The highest BCUT2D eigenvalue weighted by Crippen LogP contribution is 2.36. The molecule has 0 aliphatic heterocycles. The lowest BCUT2D eigenvalue weighted by Crippen LogP contribution is -2.47. The Kier molecular flexibility index (Phi) is 6.81. The van der Waals surface area contributed by atoms with Gasteiger partial charge < -0.3 is 20.1 Å². The molecule has 0 fully saturated rings. The van der Waals surface area contributed by atoms with E-state index in [0.717, 1.165) is 11.5 Å². The minimum absolute atomic E-state index is 0.0595. The summed E-state index contributed by atoms with van der Waals surface area (Å²) in [6.07, 6.45) is 0. The standard InChI is InChI=1S/C16H26ClN3O2/c1-7-22-14-12(17)8-11(9-13(14)21-6)10-19-15(18-5)20-16(2,3)4/h8-9H,7,10H2,1-6H3,(H2,18,19,20). The first-order valence-electron chi connectivity index (χ1n) is 7.28. The zero-order chi connectivity index (χ0) is 16.8. The number of methoxy groups -OCH3 is 1. The number of hydrogen-bond donors (Lipinski definition) is 2. The van der Waals surface area contributed by atoms with E-state index < -0.39 is 0 Å². The fourth-order valence-corrected chi connectivity index (χ4v) is 2.17. The molecule has 0 unspecified atom stereocenters. The van der Waals surface area contributed by atoms with Crippen molar-refractivity contribution >= 4 is 17.6 Å². The first-order chi connectivity index (χ1) is 10.3.